The Morgan fingerprint density at radius 1 is 1.53 bits per heavy atom. The van der Waals surface area contributed by atoms with Gasteiger partial charge in [-0.15, -0.1) is 0 Å². The lowest BCUT2D eigenvalue weighted by Gasteiger charge is -2.34. The first-order chi connectivity index (χ1) is 9.11. The van der Waals surface area contributed by atoms with Crippen LogP contribution in [-0.2, 0) is 16.6 Å². The van der Waals surface area contributed by atoms with Gasteiger partial charge in [-0.25, -0.2) is 8.42 Å². The van der Waals surface area contributed by atoms with Crippen LogP contribution in [0.2, 0.25) is 0 Å². The van der Waals surface area contributed by atoms with E-state index >= 15 is 0 Å². The lowest BCUT2D eigenvalue weighted by molar-refractivity contribution is 0.237. The Balaban J connectivity index is 2.31. The Morgan fingerprint density at radius 3 is 3.00 bits per heavy atom. The number of aliphatic hydroxyl groups is 1. The highest BCUT2D eigenvalue weighted by atomic mass is 32.2. The molecule has 1 aromatic heterocycles. The smallest absolute Gasteiger partial charge is 0.260 e. The molecule has 7 heteroatoms. The predicted octanol–water partition coefficient (Wildman–Crippen LogP) is 1.25. The van der Waals surface area contributed by atoms with Crippen molar-refractivity contribution >= 4 is 10.0 Å². The quantitative estimate of drug-likeness (QED) is 0.853. The van der Waals surface area contributed by atoms with E-state index in [2.05, 4.69) is 17.1 Å². The van der Waals surface area contributed by atoms with Gasteiger partial charge in [-0.1, -0.05) is 19.8 Å². The van der Waals surface area contributed by atoms with Crippen LogP contribution in [0.4, 0.5) is 0 Å². The second-order valence-electron chi connectivity index (χ2n) is 4.94. The van der Waals surface area contributed by atoms with E-state index in [-0.39, 0.29) is 17.7 Å². The van der Waals surface area contributed by atoms with E-state index in [0.717, 1.165) is 32.1 Å². The second kappa shape index (κ2) is 6.02. The standard InChI is InChI=1S/C12H21N3O3S/c1-2-5-11-6-3-4-7-15(11)19(17,18)12-10(9-16)8-13-14-12/h8,11,16H,2-7,9H2,1H3,(H,13,14). The Morgan fingerprint density at radius 2 is 2.32 bits per heavy atom. The van der Waals surface area contributed by atoms with Gasteiger partial charge in [0, 0.05) is 18.2 Å². The summed E-state index contributed by atoms with van der Waals surface area (Å²) in [4.78, 5) is 0. The number of sulfonamides is 1. The molecule has 6 nitrogen and oxygen atoms in total. The number of piperidine rings is 1. The van der Waals surface area contributed by atoms with Gasteiger partial charge in [0.1, 0.15) is 0 Å². The van der Waals surface area contributed by atoms with Crippen LogP contribution < -0.4 is 0 Å². The lowest BCUT2D eigenvalue weighted by atomic mass is 10.0. The Bertz CT molecular complexity index is 510. The van der Waals surface area contributed by atoms with Crippen LogP contribution >= 0.6 is 0 Å². The molecule has 2 rings (SSSR count). The third kappa shape index (κ3) is 2.82. The van der Waals surface area contributed by atoms with Gasteiger partial charge in [-0.05, 0) is 19.3 Å². The number of aromatic amines is 1. The second-order valence-corrected chi connectivity index (χ2v) is 6.76. The minimum Gasteiger partial charge on any atom is -0.392 e. The van der Waals surface area contributed by atoms with Crippen LogP contribution in [0.1, 0.15) is 44.6 Å². The molecule has 1 aliphatic heterocycles. The molecule has 108 valence electrons. The summed E-state index contributed by atoms with van der Waals surface area (Å²) in [6.45, 7) is 2.29. The van der Waals surface area contributed by atoms with E-state index in [1.165, 1.54) is 6.20 Å². The molecule has 1 aromatic rings. The maximum Gasteiger partial charge on any atom is 0.260 e. The fourth-order valence-corrected chi connectivity index (χ4v) is 4.49. The van der Waals surface area contributed by atoms with Gasteiger partial charge in [0.25, 0.3) is 10.0 Å². The maximum absolute atomic E-state index is 12.7. The summed E-state index contributed by atoms with van der Waals surface area (Å²) in [6.07, 6.45) is 6.09. The molecule has 0 bridgehead atoms. The zero-order chi connectivity index (χ0) is 13.9. The molecule has 0 aromatic carbocycles. The summed E-state index contributed by atoms with van der Waals surface area (Å²) < 4.78 is 26.9. The van der Waals surface area contributed by atoms with Crippen molar-refractivity contribution in [2.45, 2.75) is 56.7 Å². The van der Waals surface area contributed by atoms with Crippen LogP contribution in [0, 0.1) is 0 Å². The molecule has 1 unspecified atom stereocenters. The molecule has 1 aliphatic rings. The number of hydrogen-bond donors (Lipinski definition) is 2. The molecule has 0 aliphatic carbocycles. The summed E-state index contributed by atoms with van der Waals surface area (Å²) in [5.74, 6) is 0. The van der Waals surface area contributed by atoms with Gasteiger partial charge < -0.3 is 5.11 Å². The highest BCUT2D eigenvalue weighted by Crippen LogP contribution is 2.28. The van der Waals surface area contributed by atoms with Crippen LogP contribution in [0.5, 0.6) is 0 Å². The molecule has 2 heterocycles. The summed E-state index contributed by atoms with van der Waals surface area (Å²) in [6, 6.07) is 0.0681. The van der Waals surface area contributed by atoms with E-state index in [4.69, 9.17) is 0 Å². The number of nitrogens with zero attached hydrogens (tertiary/aromatic N) is 2. The lowest BCUT2D eigenvalue weighted by Crippen LogP contribution is -2.43. The van der Waals surface area contributed by atoms with Crippen molar-refractivity contribution in [3.63, 3.8) is 0 Å². The van der Waals surface area contributed by atoms with Crippen molar-refractivity contribution in [1.29, 1.82) is 0 Å². The Kier molecular flexibility index (Phi) is 4.59. The molecule has 2 N–H and O–H groups in total. The Hall–Kier alpha value is -0.920. The zero-order valence-electron chi connectivity index (χ0n) is 11.2. The van der Waals surface area contributed by atoms with Crippen molar-refractivity contribution < 1.29 is 13.5 Å². The van der Waals surface area contributed by atoms with Gasteiger partial charge in [0.2, 0.25) is 0 Å². The average Bonchev–Trinajstić information content (AvgIpc) is 2.88. The number of nitrogens with one attached hydrogen (secondary N) is 1. The normalized spacial score (nSPS) is 21.7. The maximum atomic E-state index is 12.7. The first-order valence-electron chi connectivity index (χ1n) is 6.76. The fourth-order valence-electron chi connectivity index (χ4n) is 2.66. The number of aromatic nitrogens is 2. The van der Waals surface area contributed by atoms with E-state index in [9.17, 15) is 13.5 Å². The van der Waals surface area contributed by atoms with Crippen LogP contribution in [0.25, 0.3) is 0 Å². The SMILES string of the molecule is CCCC1CCCCN1S(=O)(=O)c1[nH]ncc1CO. The van der Waals surface area contributed by atoms with Crippen molar-refractivity contribution in [1.82, 2.24) is 14.5 Å². The molecule has 0 spiro atoms. The number of hydrogen-bond acceptors (Lipinski definition) is 4. The van der Waals surface area contributed by atoms with Gasteiger partial charge in [-0.2, -0.15) is 9.40 Å². The van der Waals surface area contributed by atoms with Crippen molar-refractivity contribution in [3.8, 4) is 0 Å². The number of H-pyrrole nitrogens is 1. The molecule has 1 atom stereocenters. The average molecular weight is 287 g/mol. The molecule has 0 radical (unpaired) electrons. The zero-order valence-corrected chi connectivity index (χ0v) is 12.0. The third-order valence-electron chi connectivity index (χ3n) is 3.61. The van der Waals surface area contributed by atoms with E-state index < -0.39 is 10.0 Å². The Labute approximate surface area is 113 Å². The fraction of sp³-hybridized carbons (Fsp3) is 0.750. The number of rotatable bonds is 5. The van der Waals surface area contributed by atoms with Crippen molar-refractivity contribution in [3.05, 3.63) is 11.8 Å². The molecule has 1 fully saturated rings. The highest BCUT2D eigenvalue weighted by molar-refractivity contribution is 7.89. The van der Waals surface area contributed by atoms with E-state index in [1.54, 1.807) is 4.31 Å². The number of aliphatic hydroxyl groups excluding tert-OH is 1. The molecule has 0 saturated carbocycles. The molecular weight excluding hydrogens is 266 g/mol. The van der Waals surface area contributed by atoms with Gasteiger partial charge in [0.05, 0.1) is 12.8 Å². The topological polar surface area (TPSA) is 86.3 Å². The van der Waals surface area contributed by atoms with Gasteiger partial charge in [0.15, 0.2) is 5.03 Å². The van der Waals surface area contributed by atoms with Gasteiger partial charge >= 0.3 is 0 Å². The van der Waals surface area contributed by atoms with E-state index in [1.807, 2.05) is 0 Å². The summed E-state index contributed by atoms with van der Waals surface area (Å²) >= 11 is 0. The summed E-state index contributed by atoms with van der Waals surface area (Å²) in [5.41, 5.74) is 0.334. The minimum absolute atomic E-state index is 0.0398. The van der Waals surface area contributed by atoms with Crippen molar-refractivity contribution in [2.75, 3.05) is 6.54 Å². The molecule has 0 amide bonds. The largest absolute Gasteiger partial charge is 0.392 e. The summed E-state index contributed by atoms with van der Waals surface area (Å²) in [5, 5.41) is 15.5. The summed E-state index contributed by atoms with van der Waals surface area (Å²) in [7, 11) is -3.58. The first kappa shape index (κ1) is 14.5. The van der Waals surface area contributed by atoms with Crippen molar-refractivity contribution in [2.24, 2.45) is 0 Å². The van der Waals surface area contributed by atoms with Crippen LogP contribution in [0.3, 0.4) is 0 Å². The van der Waals surface area contributed by atoms with E-state index in [0.29, 0.717) is 12.1 Å². The monoisotopic (exact) mass is 287 g/mol. The molecule has 1 saturated heterocycles. The third-order valence-corrected chi connectivity index (χ3v) is 5.58. The highest BCUT2D eigenvalue weighted by Gasteiger charge is 2.35. The first-order valence-corrected chi connectivity index (χ1v) is 8.20. The van der Waals surface area contributed by atoms with Crippen LogP contribution in [-0.4, -0.2) is 40.6 Å². The molecule has 19 heavy (non-hydrogen) atoms. The van der Waals surface area contributed by atoms with Gasteiger partial charge in [-0.3, -0.25) is 5.10 Å². The minimum atomic E-state index is -3.58. The predicted molar refractivity (Wildman–Crippen MR) is 70.9 cm³/mol. The molecular formula is C12H21N3O3S. The van der Waals surface area contributed by atoms with Crippen LogP contribution in [0.15, 0.2) is 11.2 Å².